The highest BCUT2D eigenvalue weighted by molar-refractivity contribution is 5.34. The first kappa shape index (κ1) is 9.01. The Bertz CT molecular complexity index is 238. The molecule has 1 heteroatoms. The molecule has 0 aromatic rings. The summed E-state index contributed by atoms with van der Waals surface area (Å²) in [6.07, 6.45) is 11.5. The molecule has 1 aliphatic carbocycles. The molecule has 0 aromatic carbocycles. The molecule has 1 nitrogen and oxygen atoms in total. The Morgan fingerprint density at radius 1 is 1.08 bits per heavy atom. The van der Waals surface area contributed by atoms with E-state index in [9.17, 15) is 0 Å². The highest BCUT2D eigenvalue weighted by atomic mass is 15.1. The van der Waals surface area contributed by atoms with Crippen LogP contribution in [0.3, 0.4) is 0 Å². The Morgan fingerprint density at radius 3 is 2.62 bits per heavy atom. The lowest BCUT2D eigenvalue weighted by molar-refractivity contribution is 0.355. The maximum absolute atomic E-state index is 2.45. The number of hydrogen-bond acceptors (Lipinski definition) is 1. The third kappa shape index (κ3) is 2.22. The average Bonchev–Trinajstić information content (AvgIpc) is 2.19. The number of hydrogen-bond donors (Lipinski definition) is 0. The summed E-state index contributed by atoms with van der Waals surface area (Å²) in [6.45, 7) is 2.41. The van der Waals surface area contributed by atoms with Gasteiger partial charge in [-0.1, -0.05) is 12.2 Å². The zero-order valence-corrected chi connectivity index (χ0v) is 8.55. The van der Waals surface area contributed by atoms with Crippen LogP contribution in [0, 0.1) is 0 Å². The Balaban J connectivity index is 2.06. The van der Waals surface area contributed by atoms with E-state index >= 15 is 0 Å². The van der Waals surface area contributed by atoms with Gasteiger partial charge in [-0.2, -0.15) is 0 Å². The molecule has 0 saturated heterocycles. The van der Waals surface area contributed by atoms with Crippen LogP contribution in [0.5, 0.6) is 0 Å². The van der Waals surface area contributed by atoms with Crippen molar-refractivity contribution in [3.8, 4) is 0 Å². The topological polar surface area (TPSA) is 3.24 Å². The van der Waals surface area contributed by atoms with Gasteiger partial charge in [0.1, 0.15) is 0 Å². The van der Waals surface area contributed by atoms with Gasteiger partial charge in [-0.15, -0.1) is 0 Å². The lowest BCUT2D eigenvalue weighted by atomic mass is 9.91. The van der Waals surface area contributed by atoms with Crippen molar-refractivity contribution < 1.29 is 0 Å². The first-order chi connectivity index (χ1) is 6.36. The van der Waals surface area contributed by atoms with Crippen LogP contribution in [-0.4, -0.2) is 25.0 Å². The predicted molar refractivity (Wildman–Crippen MR) is 56.7 cm³/mol. The van der Waals surface area contributed by atoms with E-state index in [0.717, 1.165) is 0 Å². The van der Waals surface area contributed by atoms with Gasteiger partial charge >= 0.3 is 0 Å². The van der Waals surface area contributed by atoms with Crippen LogP contribution in [-0.2, 0) is 0 Å². The summed E-state index contributed by atoms with van der Waals surface area (Å²) in [7, 11) is 2.22. The zero-order valence-electron chi connectivity index (χ0n) is 8.55. The Labute approximate surface area is 81.1 Å². The molecule has 72 valence electrons. The minimum absolute atomic E-state index is 1.17. The molecule has 0 spiro atoms. The summed E-state index contributed by atoms with van der Waals surface area (Å²) in [5.74, 6) is 0. The Hall–Kier alpha value is -0.560. The van der Waals surface area contributed by atoms with Crippen LogP contribution in [0.1, 0.15) is 32.1 Å². The monoisotopic (exact) mass is 177 g/mol. The number of allylic oxidation sites excluding steroid dienone is 1. The second-order valence-corrected chi connectivity index (χ2v) is 4.23. The molecule has 0 amide bonds. The fourth-order valence-electron chi connectivity index (χ4n) is 2.26. The van der Waals surface area contributed by atoms with E-state index in [-0.39, 0.29) is 0 Å². The number of rotatable bonds is 1. The summed E-state index contributed by atoms with van der Waals surface area (Å²) in [6, 6.07) is 0. The molecule has 13 heavy (non-hydrogen) atoms. The third-order valence-corrected chi connectivity index (χ3v) is 3.05. The van der Waals surface area contributed by atoms with Gasteiger partial charge in [-0.3, -0.25) is 0 Å². The second kappa shape index (κ2) is 4.10. The van der Waals surface area contributed by atoms with Crippen molar-refractivity contribution in [1.29, 1.82) is 0 Å². The fraction of sp³-hybridized carbons (Fsp3) is 0.667. The molecular formula is C12H19N. The van der Waals surface area contributed by atoms with Gasteiger partial charge in [0.2, 0.25) is 0 Å². The molecule has 0 unspecified atom stereocenters. The van der Waals surface area contributed by atoms with E-state index in [1.165, 1.54) is 45.2 Å². The van der Waals surface area contributed by atoms with Gasteiger partial charge < -0.3 is 4.90 Å². The number of nitrogens with zero attached hydrogens (tertiary/aromatic N) is 1. The third-order valence-electron chi connectivity index (χ3n) is 3.05. The van der Waals surface area contributed by atoms with Gasteiger partial charge in [0.05, 0.1) is 0 Å². The molecular weight excluding hydrogens is 158 g/mol. The van der Waals surface area contributed by atoms with Crippen LogP contribution in [0.2, 0.25) is 0 Å². The Kier molecular flexibility index (Phi) is 2.84. The lowest BCUT2D eigenvalue weighted by Gasteiger charge is -2.26. The van der Waals surface area contributed by atoms with Crippen molar-refractivity contribution in [3.05, 3.63) is 23.3 Å². The largest absolute Gasteiger partial charge is 0.302 e. The SMILES string of the molecule is CN1CCC=C(C2=CCCCC2)C1. The van der Waals surface area contributed by atoms with E-state index in [2.05, 4.69) is 24.1 Å². The maximum Gasteiger partial charge on any atom is 0.0230 e. The van der Waals surface area contributed by atoms with Gasteiger partial charge in [0.15, 0.2) is 0 Å². The van der Waals surface area contributed by atoms with E-state index in [1.807, 2.05) is 0 Å². The maximum atomic E-state index is 2.45. The van der Waals surface area contributed by atoms with Crippen LogP contribution < -0.4 is 0 Å². The molecule has 0 atom stereocenters. The van der Waals surface area contributed by atoms with E-state index in [1.54, 1.807) is 11.1 Å². The lowest BCUT2D eigenvalue weighted by Crippen LogP contribution is -2.26. The quantitative estimate of drug-likeness (QED) is 0.595. The minimum Gasteiger partial charge on any atom is -0.302 e. The first-order valence-corrected chi connectivity index (χ1v) is 5.43. The molecule has 2 rings (SSSR count). The van der Waals surface area contributed by atoms with E-state index < -0.39 is 0 Å². The average molecular weight is 177 g/mol. The molecule has 2 aliphatic rings. The van der Waals surface area contributed by atoms with Crippen molar-refractivity contribution in [2.75, 3.05) is 20.1 Å². The fourth-order valence-corrected chi connectivity index (χ4v) is 2.26. The molecule has 0 bridgehead atoms. The highest BCUT2D eigenvalue weighted by Gasteiger charge is 2.13. The summed E-state index contributed by atoms with van der Waals surface area (Å²) in [4.78, 5) is 2.42. The molecule has 0 saturated carbocycles. The summed E-state index contributed by atoms with van der Waals surface area (Å²) < 4.78 is 0. The van der Waals surface area contributed by atoms with Crippen LogP contribution in [0.25, 0.3) is 0 Å². The van der Waals surface area contributed by atoms with Crippen molar-refractivity contribution in [1.82, 2.24) is 4.90 Å². The molecule has 0 aromatic heterocycles. The van der Waals surface area contributed by atoms with Crippen LogP contribution in [0.15, 0.2) is 23.3 Å². The smallest absolute Gasteiger partial charge is 0.0230 e. The summed E-state index contributed by atoms with van der Waals surface area (Å²) >= 11 is 0. The van der Waals surface area contributed by atoms with Gasteiger partial charge in [-0.25, -0.2) is 0 Å². The molecule has 1 heterocycles. The normalized spacial score (nSPS) is 25.3. The summed E-state index contributed by atoms with van der Waals surface area (Å²) in [5, 5.41) is 0. The van der Waals surface area contributed by atoms with Gasteiger partial charge in [0.25, 0.3) is 0 Å². The van der Waals surface area contributed by atoms with Crippen molar-refractivity contribution in [2.45, 2.75) is 32.1 Å². The molecule has 0 radical (unpaired) electrons. The zero-order chi connectivity index (χ0) is 9.10. The van der Waals surface area contributed by atoms with Crippen molar-refractivity contribution >= 4 is 0 Å². The molecule has 0 fully saturated rings. The van der Waals surface area contributed by atoms with Gasteiger partial charge in [-0.05, 0) is 50.3 Å². The first-order valence-electron chi connectivity index (χ1n) is 5.43. The predicted octanol–water partition coefficient (Wildman–Crippen LogP) is 2.75. The van der Waals surface area contributed by atoms with Gasteiger partial charge in [0, 0.05) is 13.1 Å². The highest BCUT2D eigenvalue weighted by Crippen LogP contribution is 2.26. The van der Waals surface area contributed by atoms with E-state index in [4.69, 9.17) is 0 Å². The standard InChI is InChI=1S/C12H19N/c1-13-9-5-8-12(10-13)11-6-3-2-4-7-11/h6,8H,2-5,7,9-10H2,1H3. The van der Waals surface area contributed by atoms with Crippen molar-refractivity contribution in [2.24, 2.45) is 0 Å². The van der Waals surface area contributed by atoms with E-state index in [0.29, 0.717) is 0 Å². The second-order valence-electron chi connectivity index (χ2n) is 4.23. The van der Waals surface area contributed by atoms with Crippen LogP contribution >= 0.6 is 0 Å². The van der Waals surface area contributed by atoms with Crippen LogP contribution in [0.4, 0.5) is 0 Å². The number of likely N-dealkylation sites (N-methyl/N-ethyl adjacent to an activating group) is 1. The van der Waals surface area contributed by atoms with Crippen molar-refractivity contribution in [3.63, 3.8) is 0 Å². The minimum atomic E-state index is 1.17. The Morgan fingerprint density at radius 2 is 1.92 bits per heavy atom. The summed E-state index contributed by atoms with van der Waals surface area (Å²) in [5.41, 5.74) is 3.24. The molecule has 0 N–H and O–H groups in total. The molecule has 1 aliphatic heterocycles.